The van der Waals surface area contributed by atoms with Crippen molar-refractivity contribution >= 4 is 11.9 Å². The second-order valence-corrected chi connectivity index (χ2v) is 4.72. The molecule has 4 N–H and O–H groups in total. The van der Waals surface area contributed by atoms with Crippen LogP contribution in [0.4, 0.5) is 0 Å². The number of carboxylic acids is 1. The number of carbonyl (C=O) groups excluding carboxylic acids is 1. The Hall–Kier alpha value is -1.10. The number of hydrogen-bond donors (Lipinski definition) is 3. The van der Waals surface area contributed by atoms with Gasteiger partial charge in [0.15, 0.2) is 0 Å². The molecule has 0 unspecified atom stereocenters. The lowest BCUT2D eigenvalue weighted by molar-refractivity contribution is -0.142. The lowest BCUT2D eigenvalue weighted by atomic mass is 9.96. The van der Waals surface area contributed by atoms with Crippen molar-refractivity contribution in [2.24, 2.45) is 17.6 Å². The van der Waals surface area contributed by atoms with Gasteiger partial charge in [-0.3, -0.25) is 4.79 Å². The van der Waals surface area contributed by atoms with Gasteiger partial charge >= 0.3 is 5.97 Å². The molecule has 100 valence electrons. The molecule has 0 aromatic rings. The van der Waals surface area contributed by atoms with E-state index >= 15 is 0 Å². The van der Waals surface area contributed by atoms with Crippen LogP contribution in [-0.4, -0.2) is 29.6 Å². The van der Waals surface area contributed by atoms with Gasteiger partial charge in [0.1, 0.15) is 6.04 Å². The SMILES string of the molecule is CC(C)[C@H](C)C(=O)N[C@@H](CCCCN)C(=O)O. The first-order valence-corrected chi connectivity index (χ1v) is 6.13. The first-order chi connectivity index (χ1) is 7.90. The largest absolute Gasteiger partial charge is 0.480 e. The van der Waals surface area contributed by atoms with Crippen LogP contribution in [0, 0.1) is 11.8 Å². The highest BCUT2D eigenvalue weighted by atomic mass is 16.4. The monoisotopic (exact) mass is 244 g/mol. The van der Waals surface area contributed by atoms with Gasteiger partial charge in [0.05, 0.1) is 0 Å². The van der Waals surface area contributed by atoms with E-state index in [1.165, 1.54) is 0 Å². The molecule has 0 heterocycles. The predicted molar refractivity (Wildman–Crippen MR) is 66.5 cm³/mol. The highest BCUT2D eigenvalue weighted by molar-refractivity contribution is 5.84. The number of nitrogens with two attached hydrogens (primary N) is 1. The maximum atomic E-state index is 11.7. The van der Waals surface area contributed by atoms with Crippen molar-refractivity contribution in [3.63, 3.8) is 0 Å². The fraction of sp³-hybridized carbons (Fsp3) is 0.833. The van der Waals surface area contributed by atoms with E-state index in [1.54, 1.807) is 6.92 Å². The maximum Gasteiger partial charge on any atom is 0.326 e. The third-order valence-corrected chi connectivity index (χ3v) is 2.98. The zero-order chi connectivity index (χ0) is 13.4. The van der Waals surface area contributed by atoms with Crippen molar-refractivity contribution in [3.8, 4) is 0 Å². The molecule has 0 aromatic heterocycles. The number of amides is 1. The van der Waals surface area contributed by atoms with Gasteiger partial charge in [0.25, 0.3) is 0 Å². The van der Waals surface area contributed by atoms with Crippen molar-refractivity contribution in [1.82, 2.24) is 5.32 Å². The second-order valence-electron chi connectivity index (χ2n) is 4.72. The quantitative estimate of drug-likeness (QED) is 0.555. The zero-order valence-corrected chi connectivity index (χ0v) is 10.9. The van der Waals surface area contributed by atoms with Gasteiger partial charge in [-0.05, 0) is 31.7 Å². The van der Waals surface area contributed by atoms with E-state index in [1.807, 2.05) is 13.8 Å². The van der Waals surface area contributed by atoms with Gasteiger partial charge < -0.3 is 16.2 Å². The Kier molecular flexibility index (Phi) is 7.54. The van der Waals surface area contributed by atoms with E-state index in [-0.39, 0.29) is 17.7 Å². The summed E-state index contributed by atoms with van der Waals surface area (Å²) in [7, 11) is 0. The molecule has 5 nitrogen and oxygen atoms in total. The van der Waals surface area contributed by atoms with Crippen LogP contribution in [0.25, 0.3) is 0 Å². The summed E-state index contributed by atoms with van der Waals surface area (Å²) in [5.74, 6) is -1.15. The van der Waals surface area contributed by atoms with Crippen molar-refractivity contribution in [2.75, 3.05) is 6.54 Å². The molecular weight excluding hydrogens is 220 g/mol. The van der Waals surface area contributed by atoms with Gasteiger partial charge in [-0.25, -0.2) is 4.79 Å². The Labute approximate surface area is 103 Å². The summed E-state index contributed by atoms with van der Waals surface area (Å²) in [6.45, 7) is 6.23. The van der Waals surface area contributed by atoms with Crippen molar-refractivity contribution in [1.29, 1.82) is 0 Å². The molecular formula is C12H24N2O3. The second kappa shape index (κ2) is 8.06. The molecule has 5 heteroatoms. The highest BCUT2D eigenvalue weighted by Crippen LogP contribution is 2.10. The zero-order valence-electron chi connectivity index (χ0n) is 10.9. The number of aliphatic carboxylic acids is 1. The Morgan fingerprint density at radius 1 is 1.24 bits per heavy atom. The van der Waals surface area contributed by atoms with Crippen LogP contribution in [0.3, 0.4) is 0 Å². The number of hydrogen-bond acceptors (Lipinski definition) is 3. The summed E-state index contributed by atoms with van der Waals surface area (Å²) in [4.78, 5) is 22.7. The molecule has 0 aromatic carbocycles. The van der Waals surface area contributed by atoms with Crippen LogP contribution < -0.4 is 11.1 Å². The number of nitrogens with one attached hydrogen (secondary N) is 1. The van der Waals surface area contributed by atoms with Gasteiger partial charge in [-0.2, -0.15) is 0 Å². The van der Waals surface area contributed by atoms with Gasteiger partial charge in [0, 0.05) is 5.92 Å². The smallest absolute Gasteiger partial charge is 0.326 e. The number of carboxylic acid groups (broad SMARTS) is 1. The maximum absolute atomic E-state index is 11.7. The molecule has 0 saturated carbocycles. The molecule has 0 fully saturated rings. The standard InChI is InChI=1S/C12H24N2O3/c1-8(2)9(3)11(15)14-10(12(16)17)6-4-5-7-13/h8-10H,4-7,13H2,1-3H3,(H,14,15)(H,16,17)/t9-,10-/m0/s1. The van der Waals surface area contributed by atoms with Crippen LogP contribution >= 0.6 is 0 Å². The van der Waals surface area contributed by atoms with Crippen molar-refractivity contribution in [2.45, 2.75) is 46.1 Å². The summed E-state index contributed by atoms with van der Waals surface area (Å²) < 4.78 is 0. The first kappa shape index (κ1) is 15.9. The number of carbonyl (C=O) groups is 2. The van der Waals surface area contributed by atoms with Crippen molar-refractivity contribution < 1.29 is 14.7 Å². The number of unbranched alkanes of at least 4 members (excludes halogenated alkanes) is 1. The molecule has 0 spiro atoms. The summed E-state index contributed by atoms with van der Waals surface area (Å²) in [5.41, 5.74) is 5.35. The average molecular weight is 244 g/mol. The third kappa shape index (κ3) is 6.26. The Morgan fingerprint density at radius 3 is 2.24 bits per heavy atom. The van der Waals surface area contributed by atoms with Gasteiger partial charge in [-0.15, -0.1) is 0 Å². The summed E-state index contributed by atoms with van der Waals surface area (Å²) in [6, 6.07) is -0.796. The Balaban J connectivity index is 4.25. The van der Waals surface area contributed by atoms with Crippen LogP contribution in [0.2, 0.25) is 0 Å². The fourth-order valence-corrected chi connectivity index (χ4v) is 1.36. The molecule has 2 atom stereocenters. The van der Waals surface area contributed by atoms with Crippen LogP contribution in [-0.2, 0) is 9.59 Å². The summed E-state index contributed by atoms with van der Waals surface area (Å²) in [5, 5.41) is 11.6. The van der Waals surface area contributed by atoms with Crippen LogP contribution in [0.1, 0.15) is 40.0 Å². The highest BCUT2D eigenvalue weighted by Gasteiger charge is 2.23. The minimum atomic E-state index is -0.980. The van der Waals surface area contributed by atoms with Gasteiger partial charge in [-0.1, -0.05) is 20.8 Å². The van der Waals surface area contributed by atoms with E-state index in [9.17, 15) is 9.59 Å². The minimum Gasteiger partial charge on any atom is -0.480 e. The average Bonchev–Trinajstić information content (AvgIpc) is 2.26. The van der Waals surface area contributed by atoms with Crippen LogP contribution in [0.5, 0.6) is 0 Å². The van der Waals surface area contributed by atoms with E-state index in [0.29, 0.717) is 19.4 Å². The molecule has 17 heavy (non-hydrogen) atoms. The van der Waals surface area contributed by atoms with Crippen molar-refractivity contribution in [3.05, 3.63) is 0 Å². The molecule has 1 amide bonds. The minimum absolute atomic E-state index is 0.175. The molecule has 0 radical (unpaired) electrons. The van der Waals surface area contributed by atoms with Crippen LogP contribution in [0.15, 0.2) is 0 Å². The molecule has 0 aliphatic carbocycles. The predicted octanol–water partition coefficient (Wildman–Crippen LogP) is 0.977. The molecule has 0 aliphatic heterocycles. The van der Waals surface area contributed by atoms with E-state index < -0.39 is 12.0 Å². The Bertz CT molecular complexity index is 254. The Morgan fingerprint density at radius 2 is 1.82 bits per heavy atom. The molecule has 0 saturated heterocycles. The lowest BCUT2D eigenvalue weighted by Gasteiger charge is -2.19. The molecule has 0 bridgehead atoms. The molecule has 0 aliphatic rings. The van der Waals surface area contributed by atoms with E-state index in [2.05, 4.69) is 5.32 Å². The lowest BCUT2D eigenvalue weighted by Crippen LogP contribution is -2.44. The van der Waals surface area contributed by atoms with E-state index in [0.717, 1.165) is 6.42 Å². The summed E-state index contributed by atoms with van der Waals surface area (Å²) >= 11 is 0. The normalized spacial score (nSPS) is 14.4. The third-order valence-electron chi connectivity index (χ3n) is 2.98. The molecule has 0 rings (SSSR count). The fourth-order valence-electron chi connectivity index (χ4n) is 1.36. The topological polar surface area (TPSA) is 92.4 Å². The first-order valence-electron chi connectivity index (χ1n) is 6.13. The number of rotatable bonds is 8. The van der Waals surface area contributed by atoms with Gasteiger partial charge in [0.2, 0.25) is 5.91 Å². The van der Waals surface area contributed by atoms with E-state index in [4.69, 9.17) is 10.8 Å². The summed E-state index contributed by atoms with van der Waals surface area (Å²) in [6.07, 6.45) is 1.92.